The number of halogens is 3. The van der Waals surface area contributed by atoms with Crippen molar-refractivity contribution in [2.24, 2.45) is 22.9 Å². The average molecular weight is 617 g/mol. The molecule has 0 aliphatic heterocycles. The molecule has 0 aliphatic rings. The summed E-state index contributed by atoms with van der Waals surface area (Å²) in [6.07, 6.45) is -2.37. The zero-order valence-electron chi connectivity index (χ0n) is 24.2. The molecule has 2 atom stereocenters. The number of hydrogen-bond donors (Lipinski definition) is 7. The standard InChI is InChI=1S/C30H39F3N8O3/c31-30(32,33)21-7-5-19(6-8-21)15-25(28(44)39-22-16-20-3-1-2-4-24(20)38-18-22)40-27(43)23(37)17-26(42)41-29(9-12-34,10-13-35)11-14-36/h1-8,16,18,23,25H,9-15,17,34-37H2,(H,39,44)(H,40,43)(H,41,42)/t23-,25-/m0/s1. The van der Waals surface area contributed by atoms with Gasteiger partial charge in [0.05, 0.1) is 35.4 Å². The van der Waals surface area contributed by atoms with E-state index in [0.29, 0.717) is 36.0 Å². The number of benzene rings is 2. The Labute approximate surface area is 253 Å². The first-order chi connectivity index (χ1) is 20.9. The summed E-state index contributed by atoms with van der Waals surface area (Å²) < 4.78 is 39.2. The summed E-state index contributed by atoms with van der Waals surface area (Å²) in [5, 5.41) is 8.89. The fourth-order valence-electron chi connectivity index (χ4n) is 4.95. The van der Waals surface area contributed by atoms with Crippen LogP contribution in [0.5, 0.6) is 0 Å². The van der Waals surface area contributed by atoms with Crippen LogP contribution in [0.1, 0.15) is 36.8 Å². The number of nitrogens with two attached hydrogens (primary N) is 4. The second kappa shape index (κ2) is 15.6. The van der Waals surface area contributed by atoms with Crippen LogP contribution in [0.3, 0.4) is 0 Å². The topological polar surface area (TPSA) is 204 Å². The molecular weight excluding hydrogens is 577 g/mol. The molecule has 1 aromatic heterocycles. The van der Waals surface area contributed by atoms with E-state index in [-0.39, 0.29) is 26.1 Å². The van der Waals surface area contributed by atoms with Crippen molar-refractivity contribution in [2.45, 2.75) is 55.9 Å². The van der Waals surface area contributed by atoms with Gasteiger partial charge in [-0.25, -0.2) is 0 Å². The molecule has 238 valence electrons. The Morgan fingerprint density at radius 3 is 2.07 bits per heavy atom. The molecule has 3 aromatic rings. The van der Waals surface area contributed by atoms with E-state index in [1.54, 1.807) is 12.1 Å². The number of alkyl halides is 3. The van der Waals surface area contributed by atoms with Crippen LogP contribution in [-0.4, -0.2) is 60.0 Å². The maximum atomic E-state index is 13.4. The van der Waals surface area contributed by atoms with E-state index in [0.717, 1.165) is 17.5 Å². The van der Waals surface area contributed by atoms with Crippen molar-refractivity contribution in [3.05, 3.63) is 71.9 Å². The zero-order chi connectivity index (χ0) is 32.3. The molecule has 44 heavy (non-hydrogen) atoms. The van der Waals surface area contributed by atoms with Crippen LogP contribution >= 0.6 is 0 Å². The number of fused-ring (bicyclic) bond motifs is 1. The maximum Gasteiger partial charge on any atom is 0.416 e. The number of amides is 3. The van der Waals surface area contributed by atoms with Gasteiger partial charge < -0.3 is 38.9 Å². The van der Waals surface area contributed by atoms with Crippen molar-refractivity contribution >= 4 is 34.3 Å². The van der Waals surface area contributed by atoms with Crippen molar-refractivity contribution in [3.8, 4) is 0 Å². The van der Waals surface area contributed by atoms with Crippen LogP contribution in [-0.2, 0) is 27.0 Å². The highest BCUT2D eigenvalue weighted by molar-refractivity contribution is 5.99. The Bertz CT molecular complexity index is 1400. The number of pyridine rings is 1. The number of para-hydroxylation sites is 1. The maximum absolute atomic E-state index is 13.4. The highest BCUT2D eigenvalue weighted by Crippen LogP contribution is 2.29. The molecule has 0 radical (unpaired) electrons. The quantitative estimate of drug-likeness (QED) is 0.133. The SMILES string of the molecule is NCCC(CCN)(CCN)NC(=O)C[C@H](N)C(=O)N[C@@H](Cc1ccc(C(F)(F)F)cc1)C(=O)Nc1cnc2ccccc2c1. The normalized spacial score (nSPS) is 13.2. The molecule has 14 heteroatoms. The van der Waals surface area contributed by atoms with Gasteiger partial charge in [0.15, 0.2) is 0 Å². The Hall–Kier alpha value is -4.11. The molecule has 0 saturated carbocycles. The lowest BCUT2D eigenvalue weighted by molar-refractivity contribution is -0.137. The lowest BCUT2D eigenvalue weighted by Crippen LogP contribution is -2.55. The number of rotatable bonds is 15. The zero-order valence-corrected chi connectivity index (χ0v) is 24.2. The average Bonchev–Trinajstić information content (AvgIpc) is 2.96. The molecule has 3 amide bonds. The van der Waals surface area contributed by atoms with Gasteiger partial charge in [0, 0.05) is 17.3 Å². The third kappa shape index (κ3) is 9.71. The molecule has 0 bridgehead atoms. The largest absolute Gasteiger partial charge is 0.416 e. The van der Waals surface area contributed by atoms with E-state index >= 15 is 0 Å². The van der Waals surface area contributed by atoms with Gasteiger partial charge in [-0.3, -0.25) is 19.4 Å². The van der Waals surface area contributed by atoms with Crippen LogP contribution in [0.25, 0.3) is 10.9 Å². The molecule has 11 nitrogen and oxygen atoms in total. The number of nitrogens with zero attached hydrogens (tertiary/aromatic N) is 1. The van der Waals surface area contributed by atoms with Crippen LogP contribution in [0, 0.1) is 0 Å². The molecule has 2 aromatic carbocycles. The van der Waals surface area contributed by atoms with E-state index in [1.165, 1.54) is 18.3 Å². The van der Waals surface area contributed by atoms with Gasteiger partial charge in [0.25, 0.3) is 0 Å². The lowest BCUT2D eigenvalue weighted by atomic mass is 9.87. The van der Waals surface area contributed by atoms with Crippen LogP contribution in [0.2, 0.25) is 0 Å². The fourth-order valence-corrected chi connectivity index (χ4v) is 4.95. The smallest absolute Gasteiger partial charge is 0.350 e. The monoisotopic (exact) mass is 616 g/mol. The Balaban J connectivity index is 1.76. The first-order valence-corrected chi connectivity index (χ1v) is 14.2. The molecule has 0 saturated heterocycles. The molecule has 1 heterocycles. The minimum Gasteiger partial charge on any atom is -0.350 e. The highest BCUT2D eigenvalue weighted by atomic mass is 19.4. The molecule has 0 spiro atoms. The van der Waals surface area contributed by atoms with Gasteiger partial charge in [-0.2, -0.15) is 13.2 Å². The van der Waals surface area contributed by atoms with Crippen molar-refractivity contribution in [2.75, 3.05) is 25.0 Å². The summed E-state index contributed by atoms with van der Waals surface area (Å²) in [6.45, 7) is 0.834. The van der Waals surface area contributed by atoms with E-state index in [9.17, 15) is 27.6 Å². The number of aromatic nitrogens is 1. The molecule has 11 N–H and O–H groups in total. The Morgan fingerprint density at radius 1 is 0.864 bits per heavy atom. The highest BCUT2D eigenvalue weighted by Gasteiger charge is 2.33. The Kier molecular flexibility index (Phi) is 12.2. The summed E-state index contributed by atoms with van der Waals surface area (Å²) in [4.78, 5) is 43.7. The minimum absolute atomic E-state index is 0.151. The molecule has 0 aliphatic carbocycles. The van der Waals surface area contributed by atoms with Crippen molar-refractivity contribution in [1.82, 2.24) is 15.6 Å². The van der Waals surface area contributed by atoms with E-state index in [1.807, 2.05) is 18.2 Å². The second-order valence-electron chi connectivity index (χ2n) is 10.6. The van der Waals surface area contributed by atoms with E-state index < -0.39 is 53.5 Å². The number of anilines is 1. The van der Waals surface area contributed by atoms with Crippen LogP contribution in [0.4, 0.5) is 18.9 Å². The van der Waals surface area contributed by atoms with Gasteiger partial charge in [-0.1, -0.05) is 30.3 Å². The van der Waals surface area contributed by atoms with Gasteiger partial charge in [0.2, 0.25) is 17.7 Å². The number of carbonyl (C=O) groups excluding carboxylic acids is 3. The first-order valence-electron chi connectivity index (χ1n) is 14.2. The number of carbonyl (C=O) groups is 3. The molecule has 0 fully saturated rings. The Morgan fingerprint density at radius 2 is 1.48 bits per heavy atom. The van der Waals surface area contributed by atoms with Gasteiger partial charge in [-0.05, 0) is 68.7 Å². The minimum atomic E-state index is -4.53. The summed E-state index contributed by atoms with van der Waals surface area (Å²) >= 11 is 0. The fraction of sp³-hybridized carbons (Fsp3) is 0.400. The van der Waals surface area contributed by atoms with E-state index in [4.69, 9.17) is 22.9 Å². The second-order valence-corrected chi connectivity index (χ2v) is 10.6. The van der Waals surface area contributed by atoms with Crippen LogP contribution < -0.4 is 38.9 Å². The van der Waals surface area contributed by atoms with E-state index in [2.05, 4.69) is 20.9 Å². The number of hydrogen-bond acceptors (Lipinski definition) is 8. The summed E-state index contributed by atoms with van der Waals surface area (Å²) in [5.74, 6) is -1.97. The molecule has 0 unspecified atom stereocenters. The van der Waals surface area contributed by atoms with Crippen molar-refractivity contribution in [1.29, 1.82) is 0 Å². The van der Waals surface area contributed by atoms with Crippen LogP contribution in [0.15, 0.2) is 60.8 Å². The number of nitrogens with one attached hydrogen (secondary N) is 3. The molecule has 3 rings (SSSR count). The third-order valence-corrected chi connectivity index (χ3v) is 7.23. The van der Waals surface area contributed by atoms with Gasteiger partial charge >= 0.3 is 6.18 Å². The summed E-state index contributed by atoms with van der Waals surface area (Å²) in [6, 6.07) is 10.6. The van der Waals surface area contributed by atoms with Gasteiger partial charge in [-0.15, -0.1) is 0 Å². The summed E-state index contributed by atoms with van der Waals surface area (Å²) in [5.41, 5.74) is 23.1. The van der Waals surface area contributed by atoms with Crippen molar-refractivity contribution < 1.29 is 27.6 Å². The predicted molar refractivity (Wildman–Crippen MR) is 162 cm³/mol. The third-order valence-electron chi connectivity index (χ3n) is 7.23. The van der Waals surface area contributed by atoms with Crippen molar-refractivity contribution in [3.63, 3.8) is 0 Å². The van der Waals surface area contributed by atoms with Gasteiger partial charge in [0.1, 0.15) is 6.04 Å². The molecular formula is C30H39F3N8O3. The first kappa shape index (κ1) is 34.4. The lowest BCUT2D eigenvalue weighted by Gasteiger charge is -2.34. The predicted octanol–water partition coefficient (Wildman–Crippen LogP) is 1.54. The summed E-state index contributed by atoms with van der Waals surface area (Å²) in [7, 11) is 0.